The molecule has 1 aromatic carbocycles. The number of aromatic nitrogens is 2. The van der Waals surface area contributed by atoms with Crippen molar-refractivity contribution in [3.05, 3.63) is 61.3 Å². The van der Waals surface area contributed by atoms with Crippen molar-refractivity contribution < 1.29 is 8.42 Å². The van der Waals surface area contributed by atoms with Crippen LogP contribution < -0.4 is 11.2 Å². The van der Waals surface area contributed by atoms with Crippen LogP contribution in [0.3, 0.4) is 0 Å². The molecule has 0 bridgehead atoms. The number of hydrogen-bond donors (Lipinski definition) is 0. The quantitative estimate of drug-likeness (QED) is 0.662. The zero-order chi connectivity index (χ0) is 19.8. The van der Waals surface area contributed by atoms with Crippen molar-refractivity contribution >= 4 is 26.0 Å². The van der Waals surface area contributed by atoms with E-state index in [1.807, 2.05) is 4.90 Å². The van der Waals surface area contributed by atoms with E-state index in [0.717, 1.165) is 4.57 Å². The van der Waals surface area contributed by atoms with Crippen molar-refractivity contribution in [1.82, 2.24) is 18.3 Å². The Morgan fingerprint density at radius 3 is 2.30 bits per heavy atom. The van der Waals surface area contributed by atoms with Gasteiger partial charge in [-0.3, -0.25) is 18.8 Å². The number of halogens is 1. The minimum Gasteiger partial charge on any atom is -0.299 e. The molecule has 2 aromatic rings. The fourth-order valence-electron chi connectivity index (χ4n) is 3.06. The van der Waals surface area contributed by atoms with E-state index < -0.39 is 10.0 Å². The molecule has 146 valence electrons. The summed E-state index contributed by atoms with van der Waals surface area (Å²) in [5, 5.41) is 0. The van der Waals surface area contributed by atoms with E-state index in [1.54, 1.807) is 31.3 Å². The zero-order valence-corrected chi connectivity index (χ0v) is 17.5. The number of hydrogen-bond acceptors (Lipinski definition) is 5. The first-order valence-electron chi connectivity index (χ1n) is 8.44. The van der Waals surface area contributed by atoms with Gasteiger partial charge in [0.25, 0.3) is 5.56 Å². The molecule has 0 N–H and O–H groups in total. The van der Waals surface area contributed by atoms with E-state index in [0.29, 0.717) is 42.9 Å². The first-order chi connectivity index (χ1) is 12.7. The summed E-state index contributed by atoms with van der Waals surface area (Å²) >= 11 is 3.30. The van der Waals surface area contributed by atoms with Gasteiger partial charge in [-0.05, 0) is 18.2 Å². The molecular weight excluding hydrogens is 436 g/mol. The van der Waals surface area contributed by atoms with Crippen LogP contribution >= 0.6 is 15.9 Å². The van der Waals surface area contributed by atoms with E-state index in [1.165, 1.54) is 22.0 Å². The summed E-state index contributed by atoms with van der Waals surface area (Å²) < 4.78 is 30.3. The number of nitrogens with zero attached hydrogens (tertiary/aromatic N) is 4. The smallest absolute Gasteiger partial charge is 0.299 e. The van der Waals surface area contributed by atoms with Crippen LogP contribution in [0, 0.1) is 0 Å². The highest BCUT2D eigenvalue weighted by Crippen LogP contribution is 2.21. The fraction of sp³-hybridized carbons (Fsp3) is 0.412. The van der Waals surface area contributed by atoms with Crippen molar-refractivity contribution in [2.75, 3.05) is 26.2 Å². The predicted molar refractivity (Wildman–Crippen MR) is 105 cm³/mol. The van der Waals surface area contributed by atoms with Crippen LogP contribution in [0.15, 0.2) is 49.3 Å². The number of rotatable bonds is 4. The molecule has 1 aliphatic heterocycles. The highest BCUT2D eigenvalue weighted by molar-refractivity contribution is 9.10. The Bertz CT molecular complexity index is 1070. The van der Waals surface area contributed by atoms with E-state index in [9.17, 15) is 18.0 Å². The second kappa shape index (κ2) is 7.70. The summed E-state index contributed by atoms with van der Waals surface area (Å²) in [5.41, 5.74) is -0.0938. The van der Waals surface area contributed by atoms with Crippen LogP contribution in [-0.2, 0) is 30.7 Å². The predicted octanol–water partition coefficient (Wildman–Crippen LogP) is 0.353. The second-order valence-electron chi connectivity index (χ2n) is 6.51. The molecule has 8 nitrogen and oxygen atoms in total. The Hall–Kier alpha value is -1.75. The minimum atomic E-state index is -3.54. The Labute approximate surface area is 165 Å². The van der Waals surface area contributed by atoms with Crippen LogP contribution in [0.2, 0.25) is 0 Å². The van der Waals surface area contributed by atoms with Gasteiger partial charge < -0.3 is 0 Å². The summed E-state index contributed by atoms with van der Waals surface area (Å²) in [6.07, 6.45) is 0. The summed E-state index contributed by atoms with van der Waals surface area (Å²) in [4.78, 5) is 26.2. The maximum atomic E-state index is 12.8. The number of piperazine rings is 1. The molecule has 0 spiro atoms. The van der Waals surface area contributed by atoms with Gasteiger partial charge in [0.05, 0.1) is 4.90 Å². The zero-order valence-electron chi connectivity index (χ0n) is 15.1. The monoisotopic (exact) mass is 456 g/mol. The summed E-state index contributed by atoms with van der Waals surface area (Å²) in [6, 6.07) is 8.11. The largest absolute Gasteiger partial charge is 0.330 e. The Balaban J connectivity index is 1.71. The SMILES string of the molecule is Cn1c(CN2CCN(S(=O)(=O)c3cccc(Br)c3)CC2)cc(=O)n(C)c1=O. The Morgan fingerprint density at radius 1 is 1.00 bits per heavy atom. The summed E-state index contributed by atoms with van der Waals surface area (Å²) in [5.74, 6) is 0. The normalized spacial score (nSPS) is 16.6. The lowest BCUT2D eigenvalue weighted by atomic mass is 10.3. The molecule has 0 amide bonds. The Kier molecular flexibility index (Phi) is 5.71. The third-order valence-corrected chi connectivity index (χ3v) is 7.16. The third-order valence-electron chi connectivity index (χ3n) is 4.78. The van der Waals surface area contributed by atoms with Gasteiger partial charge in [-0.15, -0.1) is 0 Å². The Morgan fingerprint density at radius 2 is 1.67 bits per heavy atom. The lowest BCUT2D eigenvalue weighted by Gasteiger charge is -2.34. The van der Waals surface area contributed by atoms with Crippen LogP contribution in [0.1, 0.15) is 5.69 Å². The highest BCUT2D eigenvalue weighted by atomic mass is 79.9. The average molecular weight is 457 g/mol. The van der Waals surface area contributed by atoms with Gasteiger partial charge in [0, 0.05) is 63.1 Å². The first-order valence-corrected chi connectivity index (χ1v) is 10.7. The van der Waals surface area contributed by atoms with Gasteiger partial charge >= 0.3 is 5.69 Å². The van der Waals surface area contributed by atoms with E-state index in [4.69, 9.17) is 0 Å². The van der Waals surface area contributed by atoms with Crippen LogP contribution in [-0.4, -0.2) is 52.9 Å². The van der Waals surface area contributed by atoms with Crippen LogP contribution in [0.25, 0.3) is 0 Å². The van der Waals surface area contributed by atoms with Crippen LogP contribution in [0.4, 0.5) is 0 Å². The highest BCUT2D eigenvalue weighted by Gasteiger charge is 2.28. The van der Waals surface area contributed by atoms with Gasteiger partial charge in [0.1, 0.15) is 0 Å². The molecule has 10 heteroatoms. The van der Waals surface area contributed by atoms with Gasteiger partial charge in [-0.1, -0.05) is 22.0 Å². The fourth-order valence-corrected chi connectivity index (χ4v) is 5.08. The van der Waals surface area contributed by atoms with Gasteiger partial charge in [0.15, 0.2) is 0 Å². The van der Waals surface area contributed by atoms with E-state index in [-0.39, 0.29) is 16.1 Å². The molecular formula is C17H21BrN4O4S. The minimum absolute atomic E-state index is 0.263. The molecule has 27 heavy (non-hydrogen) atoms. The molecule has 0 radical (unpaired) electrons. The molecule has 1 aliphatic rings. The van der Waals surface area contributed by atoms with Crippen LogP contribution in [0.5, 0.6) is 0 Å². The standard InChI is InChI=1S/C17H21BrN4O4S/c1-19-14(11-16(23)20(2)17(19)24)12-21-6-8-22(9-7-21)27(25,26)15-5-3-4-13(18)10-15/h3-5,10-11H,6-9,12H2,1-2H3. The number of benzene rings is 1. The molecule has 0 saturated carbocycles. The molecule has 1 saturated heterocycles. The lowest BCUT2D eigenvalue weighted by Crippen LogP contribution is -2.49. The van der Waals surface area contributed by atoms with Gasteiger partial charge in [0.2, 0.25) is 10.0 Å². The topological polar surface area (TPSA) is 84.6 Å². The van der Waals surface area contributed by atoms with Crippen molar-refractivity contribution in [2.45, 2.75) is 11.4 Å². The number of sulfonamides is 1. The summed E-state index contributed by atoms with van der Waals surface area (Å²) in [7, 11) is -0.465. The van der Waals surface area contributed by atoms with E-state index >= 15 is 0 Å². The van der Waals surface area contributed by atoms with Crippen molar-refractivity contribution in [3.63, 3.8) is 0 Å². The molecule has 1 aromatic heterocycles. The van der Waals surface area contributed by atoms with Crippen molar-refractivity contribution in [3.8, 4) is 0 Å². The molecule has 3 rings (SSSR count). The van der Waals surface area contributed by atoms with Crippen molar-refractivity contribution in [2.24, 2.45) is 14.1 Å². The maximum Gasteiger partial charge on any atom is 0.330 e. The molecule has 0 aliphatic carbocycles. The molecule has 2 heterocycles. The molecule has 0 atom stereocenters. The van der Waals surface area contributed by atoms with Crippen molar-refractivity contribution in [1.29, 1.82) is 0 Å². The molecule has 1 fully saturated rings. The average Bonchev–Trinajstić information content (AvgIpc) is 2.65. The maximum absolute atomic E-state index is 12.8. The third kappa shape index (κ3) is 4.08. The van der Waals surface area contributed by atoms with Gasteiger partial charge in [-0.2, -0.15) is 4.31 Å². The second-order valence-corrected chi connectivity index (χ2v) is 9.37. The first kappa shape index (κ1) is 20.0. The summed E-state index contributed by atoms with van der Waals surface area (Å²) in [6.45, 7) is 2.18. The lowest BCUT2D eigenvalue weighted by molar-refractivity contribution is 0.177. The van der Waals surface area contributed by atoms with E-state index in [2.05, 4.69) is 15.9 Å². The molecule has 0 unspecified atom stereocenters. The van der Waals surface area contributed by atoms with Gasteiger partial charge in [-0.25, -0.2) is 13.2 Å².